The van der Waals surface area contributed by atoms with Crippen molar-refractivity contribution in [2.75, 3.05) is 0 Å². The minimum Gasteiger partial charge on any atom is -0.230 e. The van der Waals surface area contributed by atoms with Gasteiger partial charge in [0, 0.05) is 21.6 Å². The van der Waals surface area contributed by atoms with E-state index in [4.69, 9.17) is 33.2 Å². The Labute approximate surface area is 200 Å². The third-order valence-corrected chi connectivity index (χ3v) is 9.41. The summed E-state index contributed by atoms with van der Waals surface area (Å²) >= 11 is 19.1. The van der Waals surface area contributed by atoms with Crippen molar-refractivity contribution in [3.63, 3.8) is 0 Å². The summed E-state index contributed by atoms with van der Waals surface area (Å²) in [7, 11) is 0. The Kier molecular flexibility index (Phi) is 6.23. The van der Waals surface area contributed by atoms with Crippen molar-refractivity contribution in [3.05, 3.63) is 81.8 Å². The molecule has 0 bridgehead atoms. The fourth-order valence-electron chi connectivity index (χ4n) is 3.00. The molecule has 0 saturated heterocycles. The predicted octanol–water partition coefficient (Wildman–Crippen LogP) is 8.80. The number of thioether (sulfide) groups is 2. The second-order valence-electron chi connectivity index (χ2n) is 6.53. The van der Waals surface area contributed by atoms with E-state index < -0.39 is 0 Å². The summed E-state index contributed by atoms with van der Waals surface area (Å²) in [4.78, 5) is 9.43. The average molecular weight is 506 g/mol. The molecule has 0 saturated carbocycles. The van der Waals surface area contributed by atoms with Crippen molar-refractivity contribution in [3.8, 4) is 0 Å². The third kappa shape index (κ3) is 4.64. The zero-order valence-electron chi connectivity index (χ0n) is 15.5. The Bertz CT molecular complexity index is 1240. The molecule has 0 amide bonds. The first-order valence-corrected chi connectivity index (χ1v) is 13.4. The first-order valence-electron chi connectivity index (χ1n) is 9.09. The number of halogens is 2. The number of hydrogen-bond acceptors (Lipinski definition) is 6. The van der Waals surface area contributed by atoms with Crippen LogP contribution in [0.1, 0.15) is 11.1 Å². The number of thiazole rings is 2. The molecule has 2 heterocycles. The van der Waals surface area contributed by atoms with Crippen LogP contribution < -0.4 is 0 Å². The molecule has 30 heavy (non-hydrogen) atoms. The zero-order chi connectivity index (χ0) is 20.5. The van der Waals surface area contributed by atoms with Gasteiger partial charge >= 0.3 is 0 Å². The van der Waals surface area contributed by atoms with Crippen molar-refractivity contribution in [1.29, 1.82) is 0 Å². The van der Waals surface area contributed by atoms with Gasteiger partial charge in [0.25, 0.3) is 0 Å². The number of nitrogens with zero attached hydrogens (tertiary/aromatic N) is 2. The molecule has 5 rings (SSSR count). The zero-order valence-corrected chi connectivity index (χ0v) is 20.2. The molecule has 0 aliphatic heterocycles. The van der Waals surface area contributed by atoms with E-state index >= 15 is 0 Å². The molecular formula is C22H14Cl2N2S4. The van der Waals surface area contributed by atoms with E-state index in [-0.39, 0.29) is 0 Å². The van der Waals surface area contributed by atoms with Crippen molar-refractivity contribution >= 4 is 89.8 Å². The van der Waals surface area contributed by atoms with Gasteiger partial charge in [-0.1, -0.05) is 71.0 Å². The molecule has 0 N–H and O–H groups in total. The van der Waals surface area contributed by atoms with Gasteiger partial charge in [-0.05, 0) is 47.5 Å². The Morgan fingerprint density at radius 1 is 0.667 bits per heavy atom. The van der Waals surface area contributed by atoms with Crippen LogP contribution in [0, 0.1) is 0 Å². The van der Waals surface area contributed by atoms with Gasteiger partial charge in [0.1, 0.15) is 0 Å². The lowest BCUT2D eigenvalue weighted by molar-refractivity contribution is 1.24. The van der Waals surface area contributed by atoms with Crippen molar-refractivity contribution < 1.29 is 0 Å². The fraction of sp³-hybridized carbons (Fsp3) is 0.0909. The molecule has 0 radical (unpaired) electrons. The molecule has 2 aromatic heterocycles. The summed E-state index contributed by atoms with van der Waals surface area (Å²) in [6, 6.07) is 20.4. The standard InChI is InChI=1S/C22H14Cl2N2S4/c23-15-5-7-19-17(9-15)25-21(29-19)27-11-13-3-1-2-4-14(13)12-28-22-26-18-10-16(24)6-8-20(18)30-22/h1-10H,11-12H2. The fourth-order valence-corrected chi connectivity index (χ4v) is 7.50. The molecule has 0 spiro atoms. The minimum atomic E-state index is 0.726. The molecule has 3 aromatic carbocycles. The van der Waals surface area contributed by atoms with E-state index in [2.05, 4.69) is 24.3 Å². The highest BCUT2D eigenvalue weighted by Crippen LogP contribution is 2.36. The highest BCUT2D eigenvalue weighted by molar-refractivity contribution is 8.00. The number of fused-ring (bicyclic) bond motifs is 2. The molecule has 2 nitrogen and oxygen atoms in total. The van der Waals surface area contributed by atoms with Gasteiger partial charge in [0.15, 0.2) is 8.68 Å². The van der Waals surface area contributed by atoms with Gasteiger partial charge in [0.2, 0.25) is 0 Å². The normalized spacial score (nSPS) is 11.5. The summed E-state index contributed by atoms with van der Waals surface area (Å²) < 4.78 is 4.47. The van der Waals surface area contributed by atoms with Gasteiger partial charge in [-0.25, -0.2) is 9.97 Å². The van der Waals surface area contributed by atoms with Gasteiger partial charge in [-0.3, -0.25) is 0 Å². The lowest BCUT2D eigenvalue weighted by atomic mass is 10.1. The molecular weight excluding hydrogens is 491 g/mol. The van der Waals surface area contributed by atoms with Crippen LogP contribution in [0.5, 0.6) is 0 Å². The molecule has 8 heteroatoms. The summed E-state index contributed by atoms with van der Waals surface area (Å²) in [6.07, 6.45) is 0. The molecule has 0 fully saturated rings. The monoisotopic (exact) mass is 504 g/mol. The number of aromatic nitrogens is 2. The van der Waals surface area contributed by atoms with E-state index in [0.29, 0.717) is 0 Å². The van der Waals surface area contributed by atoms with Crippen LogP contribution in [0.15, 0.2) is 69.3 Å². The van der Waals surface area contributed by atoms with Crippen molar-refractivity contribution in [2.45, 2.75) is 20.2 Å². The Morgan fingerprint density at radius 3 is 1.60 bits per heavy atom. The molecule has 0 aliphatic rings. The van der Waals surface area contributed by atoms with Crippen LogP contribution in [0.4, 0.5) is 0 Å². The Morgan fingerprint density at radius 2 is 1.13 bits per heavy atom. The average Bonchev–Trinajstić information content (AvgIpc) is 3.33. The van der Waals surface area contributed by atoms with E-state index in [1.165, 1.54) is 20.5 Å². The highest BCUT2D eigenvalue weighted by Gasteiger charge is 2.10. The molecule has 150 valence electrons. The van der Waals surface area contributed by atoms with Crippen LogP contribution in [0.25, 0.3) is 20.4 Å². The lowest BCUT2D eigenvalue weighted by Crippen LogP contribution is -1.90. The van der Waals surface area contributed by atoms with Crippen molar-refractivity contribution in [2.24, 2.45) is 0 Å². The van der Waals surface area contributed by atoms with Crippen molar-refractivity contribution in [1.82, 2.24) is 9.97 Å². The first-order chi connectivity index (χ1) is 14.6. The second-order valence-corrected chi connectivity index (χ2v) is 11.9. The predicted molar refractivity (Wildman–Crippen MR) is 135 cm³/mol. The van der Waals surface area contributed by atoms with E-state index in [1.807, 2.05) is 36.4 Å². The SMILES string of the molecule is Clc1ccc2sc(SCc3ccccc3CSc3nc4cc(Cl)ccc4s3)nc2c1. The van der Waals surface area contributed by atoms with Gasteiger partial charge in [-0.2, -0.15) is 0 Å². The van der Waals surface area contributed by atoms with Crippen LogP contribution in [0.3, 0.4) is 0 Å². The molecule has 0 unspecified atom stereocenters. The maximum Gasteiger partial charge on any atom is 0.151 e. The summed E-state index contributed by atoms with van der Waals surface area (Å²) in [5.41, 5.74) is 4.59. The first kappa shape index (κ1) is 20.6. The maximum absolute atomic E-state index is 6.09. The molecule has 0 atom stereocenters. The number of hydrogen-bond donors (Lipinski definition) is 0. The minimum absolute atomic E-state index is 0.726. The highest BCUT2D eigenvalue weighted by atomic mass is 35.5. The topological polar surface area (TPSA) is 25.8 Å². The van der Waals surface area contributed by atoms with E-state index in [9.17, 15) is 0 Å². The van der Waals surface area contributed by atoms with Gasteiger partial charge in [0.05, 0.1) is 20.4 Å². The van der Waals surface area contributed by atoms with Crippen LogP contribution >= 0.6 is 69.4 Å². The van der Waals surface area contributed by atoms with Crippen LogP contribution in [-0.2, 0) is 11.5 Å². The van der Waals surface area contributed by atoms with Crippen LogP contribution in [-0.4, -0.2) is 9.97 Å². The molecule has 5 aromatic rings. The third-order valence-electron chi connectivity index (χ3n) is 4.48. The summed E-state index contributed by atoms with van der Waals surface area (Å²) in [5, 5.41) is 1.45. The smallest absolute Gasteiger partial charge is 0.151 e. The quantitative estimate of drug-likeness (QED) is 0.215. The maximum atomic E-state index is 6.09. The second kappa shape index (κ2) is 9.07. The van der Waals surface area contributed by atoms with Gasteiger partial charge in [-0.15, -0.1) is 22.7 Å². The summed E-state index contributed by atoms with van der Waals surface area (Å²) in [6.45, 7) is 0. The largest absolute Gasteiger partial charge is 0.230 e. The Balaban J connectivity index is 1.29. The molecule has 0 aliphatic carbocycles. The lowest BCUT2D eigenvalue weighted by Gasteiger charge is -2.07. The number of benzene rings is 3. The van der Waals surface area contributed by atoms with E-state index in [0.717, 1.165) is 41.3 Å². The van der Waals surface area contributed by atoms with Gasteiger partial charge < -0.3 is 0 Å². The Hall–Kier alpha value is -1.28. The number of rotatable bonds is 6. The van der Waals surface area contributed by atoms with Crippen LogP contribution in [0.2, 0.25) is 10.0 Å². The van der Waals surface area contributed by atoms with E-state index in [1.54, 1.807) is 46.2 Å². The summed E-state index contributed by atoms with van der Waals surface area (Å²) in [5.74, 6) is 1.78.